The number of nitrogens with one attached hydrogen (secondary N) is 2. The summed E-state index contributed by atoms with van der Waals surface area (Å²) in [6, 6.07) is 0.176. The Hall–Kier alpha value is -1.58. The number of carbonyl (C=O) groups is 2. The first-order valence-corrected chi connectivity index (χ1v) is 17.6. The quantitative estimate of drug-likeness (QED) is 0.343. The number of aliphatic hydroxyl groups is 1. The molecule has 2 spiro atoms. The zero-order valence-electron chi connectivity index (χ0n) is 28.0. The predicted octanol–water partition coefficient (Wildman–Crippen LogP) is 4.99. The third-order valence-corrected chi connectivity index (χ3v) is 15.4. The van der Waals surface area contributed by atoms with Gasteiger partial charge in [0.15, 0.2) is 0 Å². The number of nitrogens with two attached hydrogens (primary N) is 1. The van der Waals surface area contributed by atoms with E-state index in [0.29, 0.717) is 17.8 Å². The fraction of sp³-hybridized carbons (Fsp3) is 0.943. The van der Waals surface area contributed by atoms with Crippen molar-refractivity contribution in [3.63, 3.8) is 0 Å². The highest BCUT2D eigenvalue weighted by Gasteiger charge is 2.84. The average molecular weight is 616 g/mol. The maximum absolute atomic E-state index is 12.8. The van der Waals surface area contributed by atoms with E-state index in [-0.39, 0.29) is 69.4 Å². The van der Waals surface area contributed by atoms with Crippen molar-refractivity contribution in [2.45, 2.75) is 136 Å². The molecule has 13 atom stereocenters. The van der Waals surface area contributed by atoms with Gasteiger partial charge in [0.2, 0.25) is 0 Å². The second-order valence-electron chi connectivity index (χ2n) is 17.6. The van der Waals surface area contributed by atoms with E-state index >= 15 is 0 Å². The molecule has 7 rings (SSSR count). The van der Waals surface area contributed by atoms with Crippen molar-refractivity contribution in [1.29, 1.82) is 0 Å². The molecule has 2 amide bonds. The van der Waals surface area contributed by atoms with Crippen LogP contribution in [0.3, 0.4) is 0 Å². The van der Waals surface area contributed by atoms with Crippen molar-refractivity contribution in [3.05, 3.63) is 0 Å². The Kier molecular flexibility index (Phi) is 7.03. The normalized spacial score (nSPS) is 50.9. The van der Waals surface area contributed by atoms with Crippen LogP contribution >= 0.6 is 0 Å². The first kappa shape index (κ1) is 31.0. The van der Waals surface area contributed by atoms with Crippen LogP contribution in [0.2, 0.25) is 0 Å². The molecule has 44 heavy (non-hydrogen) atoms. The summed E-state index contributed by atoms with van der Waals surface area (Å²) in [6.07, 6.45) is 5.93. The first-order valence-electron chi connectivity index (χ1n) is 17.6. The Morgan fingerprint density at radius 3 is 2.34 bits per heavy atom. The molecule has 7 aliphatic rings. The largest absolute Gasteiger partial charge is 0.446 e. The van der Waals surface area contributed by atoms with E-state index in [0.717, 1.165) is 51.6 Å². The molecular weight excluding hydrogens is 558 g/mol. The number of alkyl carbamates (subject to hydrolysis) is 1. The fourth-order valence-corrected chi connectivity index (χ4v) is 13.2. The van der Waals surface area contributed by atoms with E-state index in [1.54, 1.807) is 0 Å². The molecule has 9 nitrogen and oxygen atoms in total. The van der Waals surface area contributed by atoms with E-state index in [4.69, 9.17) is 19.9 Å². The number of hydrogen-bond donors (Lipinski definition) is 4. The highest BCUT2D eigenvalue weighted by atomic mass is 16.6. The third-order valence-electron chi connectivity index (χ3n) is 15.4. The Labute approximate surface area is 263 Å². The molecule has 7 fully saturated rings. The van der Waals surface area contributed by atoms with Gasteiger partial charge in [0.1, 0.15) is 12.2 Å². The van der Waals surface area contributed by atoms with Gasteiger partial charge in [-0.3, -0.25) is 0 Å². The molecule has 8 unspecified atom stereocenters. The molecule has 2 heterocycles. The minimum absolute atomic E-state index is 0.0316. The van der Waals surface area contributed by atoms with Gasteiger partial charge in [-0.1, -0.05) is 48.5 Å². The molecule has 0 radical (unpaired) electrons. The number of hydrogen-bond acceptors (Lipinski definition) is 7. The van der Waals surface area contributed by atoms with Crippen molar-refractivity contribution in [2.75, 3.05) is 13.1 Å². The summed E-state index contributed by atoms with van der Waals surface area (Å²) in [6.45, 7) is 17.6. The van der Waals surface area contributed by atoms with Gasteiger partial charge in [0.05, 0.1) is 24.4 Å². The van der Waals surface area contributed by atoms with Gasteiger partial charge in [0, 0.05) is 23.9 Å². The number of rotatable bonds is 5. The van der Waals surface area contributed by atoms with Crippen molar-refractivity contribution < 1.29 is 28.9 Å². The number of aliphatic hydroxyl groups excluding tert-OH is 1. The zero-order chi connectivity index (χ0) is 31.6. The highest BCUT2D eigenvalue weighted by Crippen LogP contribution is 2.89. The summed E-state index contributed by atoms with van der Waals surface area (Å²) >= 11 is 0. The lowest BCUT2D eigenvalue weighted by atomic mass is 9.41. The predicted molar refractivity (Wildman–Crippen MR) is 165 cm³/mol. The molecule has 0 bridgehead atoms. The van der Waals surface area contributed by atoms with Crippen LogP contribution in [-0.4, -0.2) is 66.9 Å². The minimum atomic E-state index is -0.765. The van der Waals surface area contributed by atoms with Gasteiger partial charge in [-0.25, -0.2) is 9.59 Å². The van der Waals surface area contributed by atoms with Crippen molar-refractivity contribution in [3.8, 4) is 0 Å². The van der Waals surface area contributed by atoms with E-state index in [9.17, 15) is 14.7 Å². The van der Waals surface area contributed by atoms with Gasteiger partial charge in [-0.05, 0) is 97.2 Å². The van der Waals surface area contributed by atoms with Gasteiger partial charge in [-0.2, -0.15) is 0 Å². The van der Waals surface area contributed by atoms with Crippen LogP contribution in [0.15, 0.2) is 0 Å². The van der Waals surface area contributed by atoms with Crippen LogP contribution < -0.4 is 16.4 Å². The lowest BCUT2D eigenvalue weighted by molar-refractivity contribution is -0.184. The van der Waals surface area contributed by atoms with Crippen LogP contribution in [-0.2, 0) is 14.2 Å². The molecule has 248 valence electrons. The number of amides is 2. The van der Waals surface area contributed by atoms with Crippen LogP contribution in [0.1, 0.15) is 99.8 Å². The summed E-state index contributed by atoms with van der Waals surface area (Å²) in [5.41, 5.74) is 5.58. The van der Waals surface area contributed by atoms with Crippen LogP contribution in [0.25, 0.3) is 0 Å². The Morgan fingerprint density at radius 1 is 1.02 bits per heavy atom. The lowest BCUT2D eigenvalue weighted by Crippen LogP contribution is -2.60. The maximum Gasteiger partial charge on any atom is 0.407 e. The molecule has 0 aromatic carbocycles. The highest BCUT2D eigenvalue weighted by molar-refractivity contribution is 5.68. The van der Waals surface area contributed by atoms with Crippen LogP contribution in [0.5, 0.6) is 0 Å². The third kappa shape index (κ3) is 3.93. The number of ether oxygens (including phenoxy) is 3. The second-order valence-corrected chi connectivity index (χ2v) is 17.6. The summed E-state index contributed by atoms with van der Waals surface area (Å²) in [5.74, 6) is 1.61. The van der Waals surface area contributed by atoms with E-state index in [2.05, 4.69) is 45.3 Å². The number of primary amides is 1. The first-order chi connectivity index (χ1) is 20.6. The fourth-order valence-electron chi connectivity index (χ4n) is 13.2. The van der Waals surface area contributed by atoms with Gasteiger partial charge < -0.3 is 35.7 Å². The summed E-state index contributed by atoms with van der Waals surface area (Å²) in [4.78, 5) is 24.6. The Balaban J connectivity index is 1.14. The molecule has 5 aliphatic carbocycles. The zero-order valence-corrected chi connectivity index (χ0v) is 28.0. The van der Waals surface area contributed by atoms with Crippen molar-refractivity contribution in [1.82, 2.24) is 10.6 Å². The van der Waals surface area contributed by atoms with Crippen molar-refractivity contribution >= 4 is 12.2 Å². The van der Waals surface area contributed by atoms with Crippen molar-refractivity contribution in [2.24, 2.45) is 62.4 Å². The van der Waals surface area contributed by atoms with E-state index in [1.807, 2.05) is 13.8 Å². The maximum atomic E-state index is 12.8. The molecule has 0 aromatic heterocycles. The van der Waals surface area contributed by atoms with E-state index < -0.39 is 18.3 Å². The lowest BCUT2D eigenvalue weighted by Gasteiger charge is -2.63. The SMILES string of the molecule is CC(C)C(OC(N)=O)C1C[C@@H](C)[C@H]2C(O1)[C@H](O)[C@@]1(C)C3CC[C@H]4C(C)(C)C(OC(=O)NC5CNC5)CCC45CC35CCC21C. The molecule has 9 heteroatoms. The Morgan fingerprint density at radius 2 is 1.70 bits per heavy atom. The number of fused-ring (bicyclic) bond motifs is 4. The summed E-state index contributed by atoms with van der Waals surface area (Å²) in [7, 11) is 0. The van der Waals surface area contributed by atoms with Gasteiger partial charge in [-0.15, -0.1) is 0 Å². The summed E-state index contributed by atoms with van der Waals surface area (Å²) in [5, 5.41) is 18.7. The van der Waals surface area contributed by atoms with Gasteiger partial charge >= 0.3 is 12.2 Å². The molecular formula is C35H57N3O6. The van der Waals surface area contributed by atoms with E-state index in [1.165, 1.54) is 12.8 Å². The van der Waals surface area contributed by atoms with Gasteiger partial charge in [0.25, 0.3) is 0 Å². The smallest absolute Gasteiger partial charge is 0.407 e. The molecule has 2 saturated heterocycles. The monoisotopic (exact) mass is 615 g/mol. The topological polar surface area (TPSA) is 132 Å². The minimum Gasteiger partial charge on any atom is -0.446 e. The average Bonchev–Trinajstić information content (AvgIpc) is 3.55. The molecule has 0 aromatic rings. The number of carbonyl (C=O) groups excluding carboxylic acids is 2. The molecule has 5 N–H and O–H groups in total. The summed E-state index contributed by atoms with van der Waals surface area (Å²) < 4.78 is 18.6. The second kappa shape index (κ2) is 9.96. The molecule has 5 saturated carbocycles. The van der Waals surface area contributed by atoms with Crippen LogP contribution in [0, 0.1) is 56.7 Å². The Bertz CT molecular complexity index is 1190. The molecule has 2 aliphatic heterocycles. The standard InChI is InChI=1S/C35H57N3O6/c1-18(2)26(44-29(36)40)21-14-19(3)25-27(42-21)28(39)33(7)23-9-8-22-31(4,5)24(43-30(41)38-20-15-37-16-20)10-11-34(22)17-35(23,34)13-12-32(25,33)6/h18-28,37,39H,8-17H2,1-7H3,(H2,36,40)(H,38,41)/t19-,21?,22+,23?,24?,25+,26?,27?,28+,32?,33-,34?,35?/m1/s1. The van der Waals surface area contributed by atoms with Crippen LogP contribution in [0.4, 0.5) is 9.59 Å².